The molecule has 120 valence electrons. The van der Waals surface area contributed by atoms with Crippen molar-refractivity contribution in [3.05, 3.63) is 70.2 Å². The Morgan fingerprint density at radius 2 is 1.65 bits per heavy atom. The number of hydrogen-bond acceptors (Lipinski definition) is 2. The highest BCUT2D eigenvalue weighted by Gasteiger charge is 2.22. The lowest BCUT2D eigenvalue weighted by molar-refractivity contribution is 0.0628. The molecular formula is C19H21ClN2O. The third-order valence-corrected chi connectivity index (χ3v) is 4.61. The Bertz CT molecular complexity index is 676. The summed E-state index contributed by atoms with van der Waals surface area (Å²) >= 11 is 5.92. The molecule has 1 fully saturated rings. The molecule has 1 saturated heterocycles. The smallest absolute Gasteiger partial charge is 0.254 e. The highest BCUT2D eigenvalue weighted by Crippen LogP contribution is 2.15. The normalized spacial score (nSPS) is 15.7. The van der Waals surface area contributed by atoms with Crippen LogP contribution in [0.4, 0.5) is 0 Å². The molecule has 0 spiro atoms. The van der Waals surface area contributed by atoms with Gasteiger partial charge in [0, 0.05) is 43.3 Å². The van der Waals surface area contributed by atoms with Crippen LogP contribution in [0, 0.1) is 6.92 Å². The van der Waals surface area contributed by atoms with E-state index in [1.807, 2.05) is 48.2 Å². The second kappa shape index (κ2) is 7.16. The number of hydrogen-bond donors (Lipinski definition) is 0. The number of halogens is 1. The maximum atomic E-state index is 12.6. The van der Waals surface area contributed by atoms with E-state index in [1.54, 1.807) is 0 Å². The van der Waals surface area contributed by atoms with Crippen molar-refractivity contribution in [2.24, 2.45) is 0 Å². The van der Waals surface area contributed by atoms with Crippen molar-refractivity contribution in [2.45, 2.75) is 13.5 Å². The van der Waals surface area contributed by atoms with Gasteiger partial charge in [-0.15, -0.1) is 0 Å². The van der Waals surface area contributed by atoms with Gasteiger partial charge in [0.2, 0.25) is 0 Å². The number of nitrogens with zero attached hydrogens (tertiary/aromatic N) is 2. The van der Waals surface area contributed by atoms with Crippen molar-refractivity contribution in [2.75, 3.05) is 26.2 Å². The number of aryl methyl sites for hydroxylation is 1. The number of carbonyl (C=O) groups excluding carboxylic acids is 1. The first kappa shape index (κ1) is 16.0. The van der Waals surface area contributed by atoms with Gasteiger partial charge in [-0.25, -0.2) is 0 Å². The fraction of sp³-hybridized carbons (Fsp3) is 0.316. The van der Waals surface area contributed by atoms with Crippen LogP contribution < -0.4 is 0 Å². The van der Waals surface area contributed by atoms with Gasteiger partial charge >= 0.3 is 0 Å². The molecule has 0 saturated carbocycles. The Kier molecular flexibility index (Phi) is 4.99. The minimum absolute atomic E-state index is 0.147. The summed E-state index contributed by atoms with van der Waals surface area (Å²) in [5, 5.41) is 0.766. The van der Waals surface area contributed by atoms with E-state index < -0.39 is 0 Å². The Labute approximate surface area is 142 Å². The Morgan fingerprint density at radius 1 is 1.00 bits per heavy atom. The Morgan fingerprint density at radius 3 is 2.30 bits per heavy atom. The lowest BCUT2D eigenvalue weighted by Crippen LogP contribution is -2.48. The molecule has 23 heavy (non-hydrogen) atoms. The quantitative estimate of drug-likeness (QED) is 0.859. The van der Waals surface area contributed by atoms with Crippen molar-refractivity contribution in [3.63, 3.8) is 0 Å². The molecule has 0 atom stereocenters. The van der Waals surface area contributed by atoms with Crippen LogP contribution >= 0.6 is 11.6 Å². The molecule has 1 aliphatic rings. The first-order valence-electron chi connectivity index (χ1n) is 7.95. The predicted molar refractivity (Wildman–Crippen MR) is 93.8 cm³/mol. The van der Waals surface area contributed by atoms with Crippen LogP contribution in [-0.4, -0.2) is 41.9 Å². The third-order valence-electron chi connectivity index (χ3n) is 4.35. The van der Waals surface area contributed by atoms with E-state index in [0.29, 0.717) is 0 Å². The fourth-order valence-electron chi connectivity index (χ4n) is 2.94. The van der Waals surface area contributed by atoms with Gasteiger partial charge in [0.15, 0.2) is 0 Å². The monoisotopic (exact) mass is 328 g/mol. The number of rotatable bonds is 3. The van der Waals surface area contributed by atoms with Gasteiger partial charge in [-0.3, -0.25) is 9.69 Å². The molecule has 3 nitrogen and oxygen atoms in total. The Balaban J connectivity index is 1.57. The van der Waals surface area contributed by atoms with Crippen LogP contribution in [0.3, 0.4) is 0 Å². The number of piperazine rings is 1. The van der Waals surface area contributed by atoms with Gasteiger partial charge in [-0.05, 0) is 36.2 Å². The first-order valence-corrected chi connectivity index (χ1v) is 8.33. The van der Waals surface area contributed by atoms with E-state index in [9.17, 15) is 4.79 Å². The largest absolute Gasteiger partial charge is 0.336 e. The third kappa shape index (κ3) is 3.92. The zero-order chi connectivity index (χ0) is 16.2. The van der Waals surface area contributed by atoms with Gasteiger partial charge in [-0.2, -0.15) is 0 Å². The minimum atomic E-state index is 0.147. The van der Waals surface area contributed by atoms with Crippen molar-refractivity contribution in [1.82, 2.24) is 9.80 Å². The zero-order valence-corrected chi connectivity index (χ0v) is 14.1. The summed E-state index contributed by atoms with van der Waals surface area (Å²) in [4.78, 5) is 17.0. The minimum Gasteiger partial charge on any atom is -0.336 e. The summed E-state index contributed by atoms with van der Waals surface area (Å²) in [5.74, 6) is 0.147. The maximum absolute atomic E-state index is 12.6. The van der Waals surface area contributed by atoms with Crippen LogP contribution in [0.25, 0.3) is 0 Å². The van der Waals surface area contributed by atoms with E-state index >= 15 is 0 Å². The SMILES string of the molecule is Cc1ccccc1C(=O)N1CCN(Cc2ccc(Cl)cc2)CC1. The van der Waals surface area contributed by atoms with Gasteiger partial charge in [0.1, 0.15) is 0 Å². The highest BCUT2D eigenvalue weighted by atomic mass is 35.5. The molecule has 0 unspecified atom stereocenters. The summed E-state index contributed by atoms with van der Waals surface area (Å²) in [5.41, 5.74) is 3.12. The van der Waals surface area contributed by atoms with Crippen LogP contribution in [0.1, 0.15) is 21.5 Å². The summed E-state index contributed by atoms with van der Waals surface area (Å²) in [6.07, 6.45) is 0. The second-order valence-corrected chi connectivity index (χ2v) is 6.45. The molecule has 1 heterocycles. The molecule has 2 aromatic carbocycles. The molecule has 4 heteroatoms. The number of amides is 1. The molecule has 1 amide bonds. The summed E-state index contributed by atoms with van der Waals surface area (Å²) in [6, 6.07) is 15.8. The molecule has 2 aromatic rings. The predicted octanol–water partition coefficient (Wildman–Crippen LogP) is 3.61. The molecule has 0 aliphatic carbocycles. The summed E-state index contributed by atoms with van der Waals surface area (Å²) in [6.45, 7) is 6.26. The molecule has 1 aliphatic heterocycles. The van der Waals surface area contributed by atoms with E-state index in [2.05, 4.69) is 17.0 Å². The molecule has 0 bridgehead atoms. The van der Waals surface area contributed by atoms with Crippen LogP contribution in [0.5, 0.6) is 0 Å². The second-order valence-electron chi connectivity index (χ2n) is 6.01. The summed E-state index contributed by atoms with van der Waals surface area (Å²) in [7, 11) is 0. The van der Waals surface area contributed by atoms with Crippen molar-refractivity contribution in [3.8, 4) is 0 Å². The van der Waals surface area contributed by atoms with Gasteiger partial charge < -0.3 is 4.90 Å². The molecule has 0 radical (unpaired) electrons. The van der Waals surface area contributed by atoms with E-state index in [-0.39, 0.29) is 5.91 Å². The maximum Gasteiger partial charge on any atom is 0.254 e. The molecule has 0 N–H and O–H groups in total. The van der Waals surface area contributed by atoms with Crippen molar-refractivity contribution < 1.29 is 4.79 Å². The number of carbonyl (C=O) groups is 1. The highest BCUT2D eigenvalue weighted by molar-refractivity contribution is 6.30. The van der Waals surface area contributed by atoms with Gasteiger partial charge in [0.25, 0.3) is 5.91 Å². The zero-order valence-electron chi connectivity index (χ0n) is 13.3. The van der Waals surface area contributed by atoms with Crippen LogP contribution in [-0.2, 0) is 6.54 Å². The van der Waals surface area contributed by atoms with Gasteiger partial charge in [-0.1, -0.05) is 41.9 Å². The fourth-order valence-corrected chi connectivity index (χ4v) is 3.07. The van der Waals surface area contributed by atoms with E-state index in [4.69, 9.17) is 11.6 Å². The molecular weight excluding hydrogens is 308 g/mol. The van der Waals surface area contributed by atoms with Crippen LogP contribution in [0.2, 0.25) is 5.02 Å². The average Bonchev–Trinajstić information content (AvgIpc) is 2.57. The summed E-state index contributed by atoms with van der Waals surface area (Å²) < 4.78 is 0. The Hall–Kier alpha value is -1.84. The molecule has 3 rings (SSSR count). The van der Waals surface area contributed by atoms with Crippen molar-refractivity contribution >= 4 is 17.5 Å². The standard InChI is InChI=1S/C19H21ClN2O/c1-15-4-2-3-5-18(15)19(23)22-12-10-21(11-13-22)14-16-6-8-17(20)9-7-16/h2-9H,10-14H2,1H3. The first-order chi connectivity index (χ1) is 11.1. The van der Waals surface area contributed by atoms with Crippen LogP contribution in [0.15, 0.2) is 48.5 Å². The lowest BCUT2D eigenvalue weighted by atomic mass is 10.1. The van der Waals surface area contributed by atoms with E-state index in [1.165, 1.54) is 5.56 Å². The van der Waals surface area contributed by atoms with Gasteiger partial charge in [0.05, 0.1) is 0 Å². The number of benzene rings is 2. The molecule has 0 aromatic heterocycles. The lowest BCUT2D eigenvalue weighted by Gasteiger charge is -2.35. The topological polar surface area (TPSA) is 23.6 Å². The van der Waals surface area contributed by atoms with E-state index in [0.717, 1.165) is 48.9 Å². The van der Waals surface area contributed by atoms with Crippen molar-refractivity contribution in [1.29, 1.82) is 0 Å². The average molecular weight is 329 g/mol.